The second-order valence-electron chi connectivity index (χ2n) is 8.06. The fourth-order valence-corrected chi connectivity index (χ4v) is 5.54. The van der Waals surface area contributed by atoms with E-state index >= 15 is 0 Å². The van der Waals surface area contributed by atoms with Crippen molar-refractivity contribution in [3.8, 4) is 5.75 Å². The maximum atomic E-state index is 13.6. The number of carbonyl (C=O) groups is 2. The lowest BCUT2D eigenvalue weighted by molar-refractivity contribution is -0.144. The van der Waals surface area contributed by atoms with Crippen LogP contribution in [0.15, 0.2) is 36.7 Å². The highest BCUT2D eigenvalue weighted by Gasteiger charge is 2.79. The van der Waals surface area contributed by atoms with Crippen LogP contribution < -0.4 is 21.1 Å². The van der Waals surface area contributed by atoms with Crippen LogP contribution in [0.3, 0.4) is 0 Å². The van der Waals surface area contributed by atoms with Crippen molar-refractivity contribution in [3.05, 3.63) is 42.4 Å². The van der Waals surface area contributed by atoms with E-state index < -0.39 is 55.8 Å². The third kappa shape index (κ3) is 4.51. The molecule has 1 aliphatic heterocycles. The number of aliphatic hydroxyl groups is 2. The molecular weight excluding hydrogens is 485 g/mol. The number of esters is 1. The highest BCUT2D eigenvalue weighted by atomic mass is 31.2. The van der Waals surface area contributed by atoms with Crippen molar-refractivity contribution in [2.24, 2.45) is 5.73 Å². The number of rotatable bonds is 10. The fourth-order valence-electron chi connectivity index (χ4n) is 3.83. The quantitative estimate of drug-likeness (QED) is 0.205. The van der Waals surface area contributed by atoms with E-state index in [-0.39, 0.29) is 23.9 Å². The number of hydrogen-bond donors (Lipinski definition) is 5. The second kappa shape index (κ2) is 9.22. The van der Waals surface area contributed by atoms with Gasteiger partial charge in [0, 0.05) is 0 Å². The number of aliphatic hydroxyl groups excluding tert-OH is 1. The van der Waals surface area contributed by atoms with Gasteiger partial charge in [0.1, 0.15) is 35.9 Å². The highest BCUT2D eigenvalue weighted by Crippen LogP contribution is 2.61. The number of benzene rings is 1. The molecule has 1 aliphatic carbocycles. The molecule has 2 heterocycles. The van der Waals surface area contributed by atoms with Crippen LogP contribution in [0.2, 0.25) is 0 Å². The van der Waals surface area contributed by atoms with E-state index in [2.05, 4.69) is 10.1 Å². The van der Waals surface area contributed by atoms with Crippen molar-refractivity contribution in [2.45, 2.75) is 50.0 Å². The Morgan fingerprint density at radius 3 is 2.60 bits per heavy atom. The SMILES string of the molecule is CCOC(=O)[C@H](C)NP(=O)(Oc1ccccc1)OC1[C@H]2O[C@@H](n3cnc(C(N)=O)c3N)[C@H](O)[C@@]12O. The molecule has 7 N–H and O–H groups in total. The van der Waals surface area contributed by atoms with Crippen LogP contribution in [0, 0.1) is 0 Å². The molecule has 2 aliphatic rings. The molecular formula is C20H26N5O9P. The fraction of sp³-hybridized carbons (Fsp3) is 0.450. The zero-order valence-corrected chi connectivity index (χ0v) is 19.7. The van der Waals surface area contributed by atoms with Gasteiger partial charge < -0.3 is 35.7 Å². The molecule has 0 radical (unpaired) electrons. The minimum absolute atomic E-state index is 0.107. The molecule has 1 saturated carbocycles. The molecule has 15 heteroatoms. The number of anilines is 1. The highest BCUT2D eigenvalue weighted by molar-refractivity contribution is 7.52. The Bertz CT molecular complexity index is 1160. The summed E-state index contributed by atoms with van der Waals surface area (Å²) >= 11 is 0. The summed E-state index contributed by atoms with van der Waals surface area (Å²) in [5.41, 5.74) is 8.85. The number of nitrogens with one attached hydrogen (secondary N) is 1. The van der Waals surface area contributed by atoms with Gasteiger partial charge in [0.2, 0.25) is 0 Å². The Labute approximate surface area is 199 Å². The van der Waals surface area contributed by atoms with Gasteiger partial charge in [0.25, 0.3) is 5.91 Å². The first kappa shape index (κ1) is 25.1. The van der Waals surface area contributed by atoms with Crippen LogP contribution >= 0.6 is 7.75 Å². The summed E-state index contributed by atoms with van der Waals surface area (Å²) in [7, 11) is -4.31. The number of hydrogen-bond acceptors (Lipinski definition) is 11. The zero-order valence-electron chi connectivity index (χ0n) is 18.8. The molecule has 1 aromatic carbocycles. The molecule has 2 aromatic rings. The second-order valence-corrected chi connectivity index (χ2v) is 9.71. The summed E-state index contributed by atoms with van der Waals surface area (Å²) in [4.78, 5) is 27.3. The van der Waals surface area contributed by atoms with Crippen molar-refractivity contribution in [1.82, 2.24) is 14.6 Å². The van der Waals surface area contributed by atoms with Gasteiger partial charge in [0.05, 0.1) is 12.9 Å². The van der Waals surface area contributed by atoms with Gasteiger partial charge in [-0.05, 0) is 26.0 Å². The smallest absolute Gasteiger partial charge is 0.459 e. The number of nitrogen functional groups attached to an aromatic ring is 1. The van der Waals surface area contributed by atoms with Crippen LogP contribution in [-0.4, -0.2) is 68.2 Å². The van der Waals surface area contributed by atoms with Crippen LogP contribution in [0.25, 0.3) is 0 Å². The van der Waals surface area contributed by atoms with Gasteiger partial charge in [-0.1, -0.05) is 18.2 Å². The topological polar surface area (TPSA) is 210 Å². The Morgan fingerprint density at radius 2 is 2.06 bits per heavy atom. The van der Waals surface area contributed by atoms with E-state index in [4.69, 9.17) is 30.0 Å². The van der Waals surface area contributed by atoms with Gasteiger partial charge in [-0.25, -0.2) is 9.55 Å². The number of para-hydroxylation sites is 1. The lowest BCUT2D eigenvalue weighted by atomic mass is 10.1. The maximum absolute atomic E-state index is 13.6. The van der Waals surface area contributed by atoms with E-state index in [0.717, 1.165) is 10.9 Å². The van der Waals surface area contributed by atoms with E-state index in [1.54, 1.807) is 25.1 Å². The van der Waals surface area contributed by atoms with Crippen LogP contribution in [0.1, 0.15) is 30.6 Å². The third-order valence-corrected chi connectivity index (χ3v) is 7.32. The lowest BCUT2D eigenvalue weighted by Crippen LogP contribution is -2.39. The van der Waals surface area contributed by atoms with Gasteiger partial charge in [-0.3, -0.25) is 18.7 Å². The first-order chi connectivity index (χ1) is 16.5. The van der Waals surface area contributed by atoms with Crippen LogP contribution in [-0.2, 0) is 23.4 Å². The van der Waals surface area contributed by atoms with Crippen LogP contribution in [0.5, 0.6) is 5.75 Å². The Kier molecular flexibility index (Phi) is 6.62. The number of carbonyl (C=O) groups excluding carboxylic acids is 2. The zero-order chi connectivity index (χ0) is 25.5. The van der Waals surface area contributed by atoms with Gasteiger partial charge >= 0.3 is 13.7 Å². The summed E-state index contributed by atoms with van der Waals surface area (Å²) in [5.74, 6) is -1.56. The molecule has 0 spiro atoms. The van der Waals surface area contributed by atoms with Crippen molar-refractivity contribution >= 4 is 25.4 Å². The van der Waals surface area contributed by atoms with Crippen molar-refractivity contribution in [1.29, 1.82) is 0 Å². The maximum Gasteiger partial charge on any atom is 0.459 e. The van der Waals surface area contributed by atoms with Crippen molar-refractivity contribution in [3.63, 3.8) is 0 Å². The molecule has 0 bridgehead atoms. The number of amides is 1. The first-order valence-electron chi connectivity index (χ1n) is 10.7. The molecule has 7 atom stereocenters. The van der Waals surface area contributed by atoms with Crippen molar-refractivity contribution in [2.75, 3.05) is 12.3 Å². The molecule has 2 unspecified atom stereocenters. The molecule has 14 nitrogen and oxygen atoms in total. The van der Waals surface area contributed by atoms with E-state index in [1.165, 1.54) is 19.1 Å². The molecule has 35 heavy (non-hydrogen) atoms. The van der Waals surface area contributed by atoms with Gasteiger partial charge in [0.15, 0.2) is 17.5 Å². The predicted octanol–water partition coefficient (Wildman–Crippen LogP) is -0.319. The monoisotopic (exact) mass is 511 g/mol. The van der Waals surface area contributed by atoms with E-state index in [9.17, 15) is 24.4 Å². The van der Waals surface area contributed by atoms with Gasteiger partial charge in [-0.15, -0.1) is 0 Å². The first-order valence-corrected chi connectivity index (χ1v) is 12.2. The minimum Gasteiger partial charge on any atom is -0.465 e. The average Bonchev–Trinajstić information content (AvgIpc) is 3.05. The molecule has 1 aromatic heterocycles. The molecule has 1 saturated heterocycles. The summed E-state index contributed by atoms with van der Waals surface area (Å²) in [6.07, 6.45) is -4.10. The Balaban J connectivity index is 1.52. The molecule has 2 fully saturated rings. The standard InChI is InChI=1S/C20H26N5O9P/c1-3-31-19(28)10(2)24-35(30,33-11-7-5-4-6-8-11)34-15-14-20(15,29)13(26)18(32-14)25-9-23-12(16(25)21)17(22)27/h4-10,13-15,18,26,29H,3,21H2,1-2H3,(H2,22,27)(H,24,30)/t10-,13-,14+,15?,18+,20-,35?/m0/s1. The molecule has 1 amide bonds. The average molecular weight is 511 g/mol. The molecule has 190 valence electrons. The number of nitrogens with zero attached hydrogens (tertiary/aromatic N) is 2. The molecule has 4 rings (SSSR count). The Hall–Kier alpha value is -3.00. The number of fused-ring (bicyclic) bond motifs is 1. The number of primary amides is 1. The summed E-state index contributed by atoms with van der Waals surface area (Å²) < 4.78 is 36.5. The normalized spacial score (nSPS) is 29.6. The lowest BCUT2D eigenvalue weighted by Gasteiger charge is -2.27. The number of ether oxygens (including phenoxy) is 2. The minimum atomic E-state index is -4.31. The Morgan fingerprint density at radius 1 is 1.37 bits per heavy atom. The summed E-state index contributed by atoms with van der Waals surface area (Å²) in [5, 5.41) is 24.3. The predicted molar refractivity (Wildman–Crippen MR) is 119 cm³/mol. The van der Waals surface area contributed by atoms with Crippen LogP contribution in [0.4, 0.5) is 5.82 Å². The summed E-state index contributed by atoms with van der Waals surface area (Å²) in [6.45, 7) is 3.14. The van der Waals surface area contributed by atoms with E-state index in [0.29, 0.717) is 0 Å². The number of imidazole rings is 1. The number of aromatic nitrogens is 2. The number of nitrogens with two attached hydrogens (primary N) is 2. The third-order valence-electron chi connectivity index (χ3n) is 5.66. The summed E-state index contributed by atoms with van der Waals surface area (Å²) in [6, 6.07) is 6.96. The van der Waals surface area contributed by atoms with E-state index in [1.807, 2.05) is 0 Å². The van der Waals surface area contributed by atoms with Crippen molar-refractivity contribution < 1.29 is 42.9 Å². The largest absolute Gasteiger partial charge is 0.465 e. The van der Waals surface area contributed by atoms with Gasteiger partial charge in [-0.2, -0.15) is 5.09 Å².